The van der Waals surface area contributed by atoms with Crippen LogP contribution in [0.15, 0.2) is 47.8 Å². The molecular formula is C19H21N3O5S. The molecule has 0 aliphatic rings. The third kappa shape index (κ3) is 6.84. The molecule has 0 bridgehead atoms. The second kappa shape index (κ2) is 10.8. The first-order valence-corrected chi connectivity index (χ1v) is 9.39. The number of hydrogen-bond donors (Lipinski definition) is 3. The van der Waals surface area contributed by atoms with Gasteiger partial charge in [0.15, 0.2) is 6.61 Å². The third-order valence-corrected chi connectivity index (χ3v) is 4.56. The van der Waals surface area contributed by atoms with Crippen molar-refractivity contribution in [3.8, 4) is 0 Å². The minimum absolute atomic E-state index is 0.213. The molecule has 0 saturated heterocycles. The minimum atomic E-state index is -0.955. The maximum absolute atomic E-state index is 12.5. The number of esters is 1. The molecular weight excluding hydrogens is 382 g/mol. The number of benzene rings is 1. The quantitative estimate of drug-likeness (QED) is 0.528. The van der Waals surface area contributed by atoms with Crippen molar-refractivity contribution in [2.45, 2.75) is 12.5 Å². The van der Waals surface area contributed by atoms with Gasteiger partial charge in [-0.15, -0.1) is 11.3 Å². The lowest BCUT2D eigenvalue weighted by Gasteiger charge is -2.17. The van der Waals surface area contributed by atoms with Crippen molar-refractivity contribution >= 4 is 35.0 Å². The number of carbonyl (C=O) groups is 4. The number of ether oxygens (including phenoxy) is 1. The Bertz CT molecular complexity index is 808. The van der Waals surface area contributed by atoms with Crippen LogP contribution >= 0.6 is 11.3 Å². The first kappa shape index (κ1) is 21.1. The van der Waals surface area contributed by atoms with E-state index in [2.05, 4.69) is 16.0 Å². The summed E-state index contributed by atoms with van der Waals surface area (Å²) in [6.07, 6.45) is 0.219. The molecule has 0 spiro atoms. The fraction of sp³-hybridized carbons (Fsp3) is 0.263. The standard InChI is InChI=1S/C19H21N3O5S/c1-20-16(23)11-21-17(24)12-27-19(26)14(10-13-6-3-2-4-7-13)22-18(25)15-8-5-9-28-15/h2-9,14H,10-12H2,1H3,(H,20,23)(H,21,24)(H,22,25)/t14-/m0/s1. The summed E-state index contributed by atoms with van der Waals surface area (Å²) < 4.78 is 5.03. The molecule has 0 aliphatic carbocycles. The van der Waals surface area contributed by atoms with Gasteiger partial charge in [-0.25, -0.2) is 4.79 Å². The Morgan fingerprint density at radius 2 is 1.79 bits per heavy atom. The first-order valence-electron chi connectivity index (χ1n) is 8.51. The Hall–Kier alpha value is -3.20. The van der Waals surface area contributed by atoms with Gasteiger partial charge in [-0.1, -0.05) is 36.4 Å². The number of likely N-dealkylation sites (N-methyl/N-ethyl adjacent to an activating group) is 1. The fourth-order valence-electron chi connectivity index (χ4n) is 2.24. The van der Waals surface area contributed by atoms with E-state index >= 15 is 0 Å². The Morgan fingerprint density at radius 3 is 2.43 bits per heavy atom. The molecule has 0 aliphatic heterocycles. The van der Waals surface area contributed by atoms with E-state index in [0.717, 1.165) is 5.56 Å². The summed E-state index contributed by atoms with van der Waals surface area (Å²) in [5.41, 5.74) is 0.833. The number of carbonyl (C=O) groups excluding carboxylic acids is 4. The lowest BCUT2D eigenvalue weighted by Crippen LogP contribution is -2.44. The van der Waals surface area contributed by atoms with Gasteiger partial charge in [0.1, 0.15) is 6.04 Å². The zero-order valence-electron chi connectivity index (χ0n) is 15.3. The molecule has 1 heterocycles. The van der Waals surface area contributed by atoms with Gasteiger partial charge in [-0.2, -0.15) is 0 Å². The van der Waals surface area contributed by atoms with Gasteiger partial charge < -0.3 is 20.7 Å². The molecule has 0 unspecified atom stereocenters. The van der Waals surface area contributed by atoms with Gasteiger partial charge in [0.05, 0.1) is 11.4 Å². The molecule has 0 fully saturated rings. The highest BCUT2D eigenvalue weighted by molar-refractivity contribution is 7.12. The van der Waals surface area contributed by atoms with Gasteiger partial charge in [0.25, 0.3) is 11.8 Å². The summed E-state index contributed by atoms with van der Waals surface area (Å²) in [5, 5.41) is 9.10. The molecule has 3 amide bonds. The number of rotatable bonds is 9. The van der Waals surface area contributed by atoms with E-state index in [9.17, 15) is 19.2 Å². The van der Waals surface area contributed by atoms with E-state index in [0.29, 0.717) is 4.88 Å². The lowest BCUT2D eigenvalue weighted by atomic mass is 10.1. The third-order valence-electron chi connectivity index (χ3n) is 3.69. The van der Waals surface area contributed by atoms with Gasteiger partial charge in [0, 0.05) is 13.5 Å². The second-order valence-electron chi connectivity index (χ2n) is 5.75. The second-order valence-corrected chi connectivity index (χ2v) is 6.70. The molecule has 148 valence electrons. The molecule has 1 atom stereocenters. The molecule has 2 aromatic rings. The molecule has 0 saturated carbocycles. The maximum atomic E-state index is 12.5. The van der Waals surface area contributed by atoms with Crippen molar-refractivity contribution in [2.24, 2.45) is 0 Å². The number of amides is 3. The van der Waals surface area contributed by atoms with E-state index in [1.807, 2.05) is 30.3 Å². The molecule has 3 N–H and O–H groups in total. The van der Waals surface area contributed by atoms with E-state index in [1.54, 1.807) is 17.5 Å². The van der Waals surface area contributed by atoms with E-state index in [4.69, 9.17) is 4.74 Å². The molecule has 9 heteroatoms. The van der Waals surface area contributed by atoms with Crippen molar-refractivity contribution in [3.63, 3.8) is 0 Å². The van der Waals surface area contributed by atoms with Crippen molar-refractivity contribution in [1.82, 2.24) is 16.0 Å². The lowest BCUT2D eigenvalue weighted by molar-refractivity contribution is -0.150. The smallest absolute Gasteiger partial charge is 0.329 e. The largest absolute Gasteiger partial charge is 0.454 e. The Labute approximate surface area is 166 Å². The van der Waals surface area contributed by atoms with Crippen LogP contribution < -0.4 is 16.0 Å². The number of thiophene rings is 1. The predicted octanol–water partition coefficient (Wildman–Crippen LogP) is 0.495. The highest BCUT2D eigenvalue weighted by atomic mass is 32.1. The highest BCUT2D eigenvalue weighted by Gasteiger charge is 2.24. The average molecular weight is 403 g/mol. The molecule has 0 radical (unpaired) electrons. The van der Waals surface area contributed by atoms with E-state index < -0.39 is 30.4 Å². The number of hydrogen-bond acceptors (Lipinski definition) is 6. The molecule has 2 rings (SSSR count). The number of nitrogens with one attached hydrogen (secondary N) is 3. The molecule has 8 nitrogen and oxygen atoms in total. The topological polar surface area (TPSA) is 114 Å². The Balaban J connectivity index is 1.97. The van der Waals surface area contributed by atoms with Gasteiger partial charge in [-0.3, -0.25) is 14.4 Å². The van der Waals surface area contributed by atoms with Crippen molar-refractivity contribution < 1.29 is 23.9 Å². The van der Waals surface area contributed by atoms with Gasteiger partial charge in [-0.05, 0) is 17.0 Å². The first-order chi connectivity index (χ1) is 13.5. The summed E-state index contributed by atoms with van der Waals surface area (Å²) in [5.74, 6) is -2.11. The maximum Gasteiger partial charge on any atom is 0.329 e. The zero-order valence-corrected chi connectivity index (χ0v) is 16.1. The molecule has 1 aromatic carbocycles. The van der Waals surface area contributed by atoms with Crippen molar-refractivity contribution in [1.29, 1.82) is 0 Å². The summed E-state index contributed by atoms with van der Waals surface area (Å²) in [4.78, 5) is 48.1. The summed E-state index contributed by atoms with van der Waals surface area (Å²) in [7, 11) is 1.44. The van der Waals surface area contributed by atoms with Crippen LogP contribution in [0.2, 0.25) is 0 Å². The Kier molecular flexibility index (Phi) is 8.16. The SMILES string of the molecule is CNC(=O)CNC(=O)COC(=O)[C@H](Cc1ccccc1)NC(=O)c1cccs1. The summed E-state index contributed by atoms with van der Waals surface area (Å²) in [6.45, 7) is -0.759. The molecule has 28 heavy (non-hydrogen) atoms. The van der Waals surface area contributed by atoms with Crippen LogP contribution in [-0.2, 0) is 25.5 Å². The van der Waals surface area contributed by atoms with Crippen LogP contribution in [0.25, 0.3) is 0 Å². The summed E-state index contributed by atoms with van der Waals surface area (Å²) in [6, 6.07) is 11.6. The van der Waals surface area contributed by atoms with E-state index in [-0.39, 0.29) is 18.9 Å². The van der Waals surface area contributed by atoms with Crippen LogP contribution in [-0.4, -0.2) is 49.9 Å². The van der Waals surface area contributed by atoms with Crippen molar-refractivity contribution in [2.75, 3.05) is 20.2 Å². The van der Waals surface area contributed by atoms with Crippen LogP contribution in [0.1, 0.15) is 15.2 Å². The van der Waals surface area contributed by atoms with Crippen LogP contribution in [0.3, 0.4) is 0 Å². The average Bonchev–Trinajstić information content (AvgIpc) is 3.25. The monoisotopic (exact) mass is 403 g/mol. The molecule has 1 aromatic heterocycles. The van der Waals surface area contributed by atoms with Gasteiger partial charge >= 0.3 is 5.97 Å². The highest BCUT2D eigenvalue weighted by Crippen LogP contribution is 2.10. The predicted molar refractivity (Wildman–Crippen MR) is 104 cm³/mol. The van der Waals surface area contributed by atoms with Crippen molar-refractivity contribution in [3.05, 3.63) is 58.3 Å². The summed E-state index contributed by atoms with van der Waals surface area (Å²) >= 11 is 1.25. The zero-order chi connectivity index (χ0) is 20.4. The van der Waals surface area contributed by atoms with Crippen LogP contribution in [0, 0.1) is 0 Å². The van der Waals surface area contributed by atoms with Crippen LogP contribution in [0.4, 0.5) is 0 Å². The van der Waals surface area contributed by atoms with Crippen LogP contribution in [0.5, 0.6) is 0 Å². The fourth-order valence-corrected chi connectivity index (χ4v) is 2.86. The van der Waals surface area contributed by atoms with Gasteiger partial charge in [0.2, 0.25) is 5.91 Å². The Morgan fingerprint density at radius 1 is 1.04 bits per heavy atom. The minimum Gasteiger partial charge on any atom is -0.454 e. The van der Waals surface area contributed by atoms with E-state index in [1.165, 1.54) is 18.4 Å². The normalized spacial score (nSPS) is 11.2.